The smallest absolute Gasteiger partial charge is 0.0951 e. The molecule has 6 rings (SSSR count). The Balaban J connectivity index is 0.000000127. The van der Waals surface area contributed by atoms with Crippen LogP contribution in [0.4, 0.5) is 0 Å². The molecule has 2 aliphatic heterocycles. The van der Waals surface area contributed by atoms with E-state index in [9.17, 15) is 0 Å². The fourth-order valence-corrected chi connectivity index (χ4v) is 6.20. The molecular weight excluding hydrogens is 442 g/mol. The van der Waals surface area contributed by atoms with Gasteiger partial charge in [0.05, 0.1) is 12.5 Å². The first kappa shape index (κ1) is 27.5. The molecule has 2 unspecified atom stereocenters. The van der Waals surface area contributed by atoms with Crippen LogP contribution in [0.1, 0.15) is 110 Å². The van der Waals surface area contributed by atoms with Crippen molar-refractivity contribution in [3.8, 4) is 0 Å². The maximum absolute atomic E-state index is 5.12. The molecule has 1 saturated carbocycles. The summed E-state index contributed by atoms with van der Waals surface area (Å²) in [7, 11) is 0. The molecule has 4 heteroatoms. The minimum absolute atomic E-state index is 0.254. The zero-order valence-electron chi connectivity index (χ0n) is 24.8. The molecule has 2 aromatic rings. The average molecular weight is 496 g/mol. The van der Waals surface area contributed by atoms with Crippen LogP contribution in [0.5, 0.6) is 0 Å². The van der Waals surface area contributed by atoms with Gasteiger partial charge in [-0.05, 0) is 117 Å². The fraction of sp³-hybridized carbons (Fsp3) is 0.750. The van der Waals surface area contributed by atoms with Crippen LogP contribution >= 0.6 is 0 Å². The van der Waals surface area contributed by atoms with E-state index in [-0.39, 0.29) is 11.1 Å². The first-order valence-electron chi connectivity index (χ1n) is 14.5. The van der Waals surface area contributed by atoms with Crippen molar-refractivity contribution in [2.24, 2.45) is 11.8 Å². The molecule has 2 aromatic heterocycles. The molecule has 0 amide bonds. The Morgan fingerprint density at radius 2 is 1.08 bits per heavy atom. The molecule has 4 aliphatic rings. The lowest BCUT2D eigenvalue weighted by molar-refractivity contribution is 0.134. The summed E-state index contributed by atoms with van der Waals surface area (Å²) in [5, 5.41) is 0. The number of aromatic nitrogens is 1. The summed E-state index contributed by atoms with van der Waals surface area (Å²) in [5.74, 6) is 2.09. The number of aryl methyl sites for hydroxylation is 2. The van der Waals surface area contributed by atoms with E-state index < -0.39 is 0 Å². The van der Waals surface area contributed by atoms with E-state index in [4.69, 9.17) is 4.42 Å². The zero-order chi connectivity index (χ0) is 26.3. The van der Waals surface area contributed by atoms with Crippen molar-refractivity contribution < 1.29 is 4.42 Å². The highest BCUT2D eigenvalue weighted by atomic mass is 16.3. The molecule has 0 N–H and O–H groups in total. The lowest BCUT2D eigenvalue weighted by Gasteiger charge is -2.32. The third-order valence-electron chi connectivity index (χ3n) is 8.85. The number of rotatable bonds is 0. The predicted octanol–water partition coefficient (Wildman–Crippen LogP) is 7.64. The van der Waals surface area contributed by atoms with Crippen molar-refractivity contribution in [3.05, 3.63) is 47.2 Å². The predicted molar refractivity (Wildman–Crippen MR) is 151 cm³/mol. The third kappa shape index (κ3) is 6.48. The number of furan rings is 1. The van der Waals surface area contributed by atoms with Crippen molar-refractivity contribution in [2.75, 3.05) is 13.1 Å². The normalized spacial score (nSPS) is 24.0. The van der Waals surface area contributed by atoms with Gasteiger partial charge in [-0.25, -0.2) is 0 Å². The first-order chi connectivity index (χ1) is 16.7. The van der Waals surface area contributed by atoms with E-state index in [2.05, 4.69) is 89.1 Å². The fourth-order valence-electron chi connectivity index (χ4n) is 6.20. The van der Waals surface area contributed by atoms with Gasteiger partial charge >= 0.3 is 0 Å². The van der Waals surface area contributed by atoms with Gasteiger partial charge in [0.15, 0.2) is 0 Å². The van der Waals surface area contributed by atoms with Crippen LogP contribution in [0.15, 0.2) is 29.3 Å². The molecular formula is C32H53N3O. The Morgan fingerprint density at radius 1 is 0.611 bits per heavy atom. The van der Waals surface area contributed by atoms with Crippen molar-refractivity contribution in [3.63, 3.8) is 0 Å². The summed E-state index contributed by atoms with van der Waals surface area (Å²) in [6, 6.07) is 0. The summed E-state index contributed by atoms with van der Waals surface area (Å²) >= 11 is 0. The Hall–Kier alpha value is -1.52. The Kier molecular flexibility index (Phi) is 7.89. The van der Waals surface area contributed by atoms with Gasteiger partial charge in [-0.2, -0.15) is 0 Å². The van der Waals surface area contributed by atoms with E-state index in [0.717, 1.165) is 24.9 Å². The third-order valence-corrected chi connectivity index (χ3v) is 8.85. The Bertz CT molecular complexity index is 940. The van der Waals surface area contributed by atoms with Crippen LogP contribution in [0.25, 0.3) is 0 Å². The number of likely N-dealkylation sites (tertiary alicyclic amines) is 1. The monoisotopic (exact) mass is 495 g/mol. The SMILES string of the molecule is CC(C)(C)N1CC2CCCC2C1.CC(C)(C)N1Cc2cocc2C1.CC(C)(C)n1cc2c(c1)CCC2. The van der Waals surface area contributed by atoms with Crippen molar-refractivity contribution in [2.45, 2.75) is 131 Å². The van der Waals surface area contributed by atoms with E-state index in [1.54, 1.807) is 11.1 Å². The van der Waals surface area contributed by atoms with E-state index in [1.165, 1.54) is 62.7 Å². The summed E-state index contributed by atoms with van der Waals surface area (Å²) in [4.78, 5) is 5.12. The van der Waals surface area contributed by atoms with Crippen LogP contribution in [0, 0.1) is 11.8 Å². The second-order valence-electron chi connectivity index (χ2n) is 14.7. The topological polar surface area (TPSA) is 24.6 Å². The molecule has 2 fully saturated rings. The molecule has 0 bridgehead atoms. The van der Waals surface area contributed by atoms with E-state index in [1.807, 2.05) is 12.5 Å². The van der Waals surface area contributed by atoms with Gasteiger partial charge in [0, 0.05) is 66.3 Å². The number of hydrogen-bond acceptors (Lipinski definition) is 3. The number of hydrogen-bond donors (Lipinski definition) is 0. The molecule has 1 saturated heterocycles. The van der Waals surface area contributed by atoms with E-state index >= 15 is 0 Å². The van der Waals surface area contributed by atoms with Gasteiger partial charge < -0.3 is 8.98 Å². The van der Waals surface area contributed by atoms with Crippen LogP contribution in [0.3, 0.4) is 0 Å². The van der Waals surface area contributed by atoms with Gasteiger partial charge in [-0.1, -0.05) is 6.42 Å². The Labute approximate surface area is 221 Å². The highest BCUT2D eigenvalue weighted by molar-refractivity contribution is 5.29. The molecule has 0 aromatic carbocycles. The molecule has 36 heavy (non-hydrogen) atoms. The van der Waals surface area contributed by atoms with Gasteiger partial charge in [0.1, 0.15) is 0 Å². The van der Waals surface area contributed by atoms with Crippen LogP contribution in [-0.4, -0.2) is 38.5 Å². The zero-order valence-corrected chi connectivity index (χ0v) is 24.8. The van der Waals surface area contributed by atoms with Crippen molar-refractivity contribution >= 4 is 0 Å². The number of nitrogens with zero attached hydrogens (tertiary/aromatic N) is 3. The molecule has 4 nitrogen and oxygen atoms in total. The van der Waals surface area contributed by atoms with Crippen LogP contribution < -0.4 is 0 Å². The standard InChI is InChI=1S/C11H21N.C11H17N.C10H15NO/c2*1-11(2,3)12-7-9-5-4-6-10(9)8-12;1-10(2,3)11-4-8-6-12-7-9(8)5-11/h9-10H,4-8H2,1-3H3;7-8H,4-6H2,1-3H3;6-7H,4-5H2,1-3H3. The molecule has 202 valence electrons. The summed E-state index contributed by atoms with van der Waals surface area (Å²) in [6.45, 7) is 25.3. The van der Waals surface area contributed by atoms with Crippen molar-refractivity contribution in [1.82, 2.24) is 14.4 Å². The van der Waals surface area contributed by atoms with Gasteiger partial charge in [-0.3, -0.25) is 9.80 Å². The van der Waals surface area contributed by atoms with Crippen molar-refractivity contribution in [1.29, 1.82) is 0 Å². The summed E-state index contributed by atoms with van der Waals surface area (Å²) in [6.07, 6.45) is 16.8. The highest BCUT2D eigenvalue weighted by Crippen LogP contribution is 2.40. The molecule has 4 heterocycles. The molecule has 0 radical (unpaired) electrons. The molecule has 2 aliphatic carbocycles. The Morgan fingerprint density at radius 3 is 1.50 bits per heavy atom. The first-order valence-corrected chi connectivity index (χ1v) is 14.5. The highest BCUT2D eigenvalue weighted by Gasteiger charge is 2.39. The van der Waals surface area contributed by atoms with Gasteiger partial charge in [0.2, 0.25) is 0 Å². The van der Waals surface area contributed by atoms with Gasteiger partial charge in [-0.15, -0.1) is 0 Å². The molecule has 2 atom stereocenters. The maximum Gasteiger partial charge on any atom is 0.0951 e. The molecule has 0 spiro atoms. The number of fused-ring (bicyclic) bond motifs is 3. The van der Waals surface area contributed by atoms with E-state index in [0.29, 0.717) is 5.54 Å². The van der Waals surface area contributed by atoms with Crippen LogP contribution in [-0.2, 0) is 31.5 Å². The second-order valence-corrected chi connectivity index (χ2v) is 14.7. The minimum atomic E-state index is 0.254. The lowest BCUT2D eigenvalue weighted by atomic mass is 10.0. The quantitative estimate of drug-likeness (QED) is 0.375. The van der Waals surface area contributed by atoms with Gasteiger partial charge in [0.25, 0.3) is 0 Å². The minimum Gasteiger partial charge on any atom is -0.472 e. The van der Waals surface area contributed by atoms with Crippen LogP contribution in [0.2, 0.25) is 0 Å². The average Bonchev–Trinajstić information content (AvgIpc) is 3.54. The second kappa shape index (κ2) is 10.3. The summed E-state index contributed by atoms with van der Waals surface area (Å²) in [5.41, 5.74) is 6.78. The summed E-state index contributed by atoms with van der Waals surface area (Å²) < 4.78 is 7.47. The lowest BCUT2D eigenvalue weighted by Crippen LogP contribution is -2.39. The largest absolute Gasteiger partial charge is 0.472 e. The maximum atomic E-state index is 5.12.